The van der Waals surface area contributed by atoms with Crippen LogP contribution in [-0.2, 0) is 16.0 Å². The molecule has 2 aromatic carbocycles. The summed E-state index contributed by atoms with van der Waals surface area (Å²) < 4.78 is 9.89. The van der Waals surface area contributed by atoms with Gasteiger partial charge in [0.15, 0.2) is 0 Å². The van der Waals surface area contributed by atoms with Gasteiger partial charge in [0.1, 0.15) is 11.8 Å². The highest BCUT2D eigenvalue weighted by molar-refractivity contribution is 5.99. The molecule has 0 aliphatic heterocycles. The van der Waals surface area contributed by atoms with Crippen LogP contribution in [0.2, 0.25) is 0 Å². The van der Waals surface area contributed by atoms with Crippen LogP contribution in [0.25, 0.3) is 0 Å². The maximum absolute atomic E-state index is 12.5. The van der Waals surface area contributed by atoms with Crippen LogP contribution in [0.5, 0.6) is 5.75 Å². The van der Waals surface area contributed by atoms with Crippen LogP contribution >= 0.6 is 0 Å². The Hall–Kier alpha value is -3.35. The third-order valence-electron chi connectivity index (χ3n) is 3.81. The molecular weight excluding hydrogens is 336 g/mol. The fourth-order valence-corrected chi connectivity index (χ4v) is 2.46. The Balaban J connectivity index is 2.18. The lowest BCUT2D eigenvalue weighted by atomic mass is 10.0. The van der Waals surface area contributed by atoms with Crippen LogP contribution in [0, 0.1) is 0 Å². The number of hydrogen-bond donors (Lipinski definition) is 2. The Kier molecular flexibility index (Phi) is 6.32. The third kappa shape index (κ3) is 4.60. The highest BCUT2D eigenvalue weighted by Gasteiger charge is 2.21. The zero-order valence-electron chi connectivity index (χ0n) is 14.5. The molecule has 0 fully saturated rings. The number of amides is 2. The van der Waals surface area contributed by atoms with E-state index in [9.17, 15) is 14.4 Å². The van der Waals surface area contributed by atoms with Crippen LogP contribution in [0.1, 0.15) is 26.3 Å². The SMILES string of the molecule is COC(=O)c1cccc(C(=O)N[C@@H](Cc2ccccc2OC)C(N)=O)c1. The molecule has 0 bridgehead atoms. The van der Waals surface area contributed by atoms with E-state index < -0.39 is 23.8 Å². The molecule has 0 saturated heterocycles. The van der Waals surface area contributed by atoms with Gasteiger partial charge in [-0.3, -0.25) is 9.59 Å². The second-order valence-electron chi connectivity index (χ2n) is 5.52. The molecule has 0 spiro atoms. The van der Waals surface area contributed by atoms with Crippen LogP contribution in [-0.4, -0.2) is 38.0 Å². The van der Waals surface area contributed by atoms with Crippen LogP contribution < -0.4 is 15.8 Å². The summed E-state index contributed by atoms with van der Waals surface area (Å²) in [4.78, 5) is 35.8. The maximum atomic E-state index is 12.5. The van der Waals surface area contributed by atoms with Gasteiger partial charge in [-0.1, -0.05) is 24.3 Å². The summed E-state index contributed by atoms with van der Waals surface area (Å²) in [6.45, 7) is 0. The minimum Gasteiger partial charge on any atom is -0.496 e. The van der Waals surface area contributed by atoms with Crippen molar-refractivity contribution in [1.29, 1.82) is 0 Å². The largest absolute Gasteiger partial charge is 0.496 e. The summed E-state index contributed by atoms with van der Waals surface area (Å²) >= 11 is 0. The minimum atomic E-state index is -0.930. The topological polar surface area (TPSA) is 108 Å². The van der Waals surface area contributed by atoms with Gasteiger partial charge in [-0.2, -0.15) is 0 Å². The molecule has 2 amide bonds. The summed E-state index contributed by atoms with van der Waals surface area (Å²) in [6.07, 6.45) is 0.182. The zero-order valence-corrected chi connectivity index (χ0v) is 14.5. The van der Waals surface area contributed by atoms with Crippen molar-refractivity contribution in [3.63, 3.8) is 0 Å². The van der Waals surface area contributed by atoms with Crippen molar-refractivity contribution in [3.05, 3.63) is 65.2 Å². The van der Waals surface area contributed by atoms with Crippen molar-refractivity contribution in [2.45, 2.75) is 12.5 Å². The Morgan fingerprint density at radius 3 is 2.38 bits per heavy atom. The first-order valence-corrected chi connectivity index (χ1v) is 7.86. The van der Waals surface area contributed by atoms with E-state index in [1.807, 2.05) is 0 Å². The maximum Gasteiger partial charge on any atom is 0.337 e. The number of ether oxygens (including phenoxy) is 2. The first-order valence-electron chi connectivity index (χ1n) is 7.86. The number of hydrogen-bond acceptors (Lipinski definition) is 5. The number of esters is 1. The predicted octanol–water partition coefficient (Wildman–Crippen LogP) is 1.31. The van der Waals surface area contributed by atoms with Gasteiger partial charge in [0, 0.05) is 12.0 Å². The van der Waals surface area contributed by atoms with Gasteiger partial charge < -0.3 is 20.5 Å². The Morgan fingerprint density at radius 2 is 1.73 bits per heavy atom. The van der Waals surface area contributed by atoms with Crippen LogP contribution in [0.15, 0.2) is 48.5 Å². The number of primary amides is 1. The minimum absolute atomic E-state index is 0.182. The molecule has 0 aliphatic rings. The van der Waals surface area contributed by atoms with E-state index in [0.29, 0.717) is 5.75 Å². The second-order valence-corrected chi connectivity index (χ2v) is 5.52. The number of para-hydroxylation sites is 1. The van der Waals surface area contributed by atoms with Crippen molar-refractivity contribution in [3.8, 4) is 5.75 Å². The molecule has 0 aromatic heterocycles. The smallest absolute Gasteiger partial charge is 0.337 e. The van der Waals surface area contributed by atoms with Gasteiger partial charge in [0.05, 0.1) is 19.8 Å². The van der Waals surface area contributed by atoms with E-state index in [1.54, 1.807) is 30.3 Å². The summed E-state index contributed by atoms with van der Waals surface area (Å²) in [6, 6.07) is 12.2. The van der Waals surface area contributed by atoms with Gasteiger partial charge in [0.2, 0.25) is 5.91 Å². The van der Waals surface area contributed by atoms with Gasteiger partial charge in [-0.15, -0.1) is 0 Å². The molecule has 1 atom stereocenters. The van der Waals surface area contributed by atoms with Gasteiger partial charge in [-0.05, 0) is 29.8 Å². The molecule has 0 saturated carbocycles. The molecule has 2 aromatic rings. The van der Waals surface area contributed by atoms with Crippen molar-refractivity contribution < 1.29 is 23.9 Å². The molecular formula is C19H20N2O5. The van der Waals surface area contributed by atoms with Gasteiger partial charge in [0.25, 0.3) is 5.91 Å². The lowest BCUT2D eigenvalue weighted by molar-refractivity contribution is -0.119. The Labute approximate surface area is 151 Å². The first kappa shape index (κ1) is 19.0. The predicted molar refractivity (Wildman–Crippen MR) is 94.9 cm³/mol. The number of nitrogens with two attached hydrogens (primary N) is 1. The third-order valence-corrected chi connectivity index (χ3v) is 3.81. The summed E-state index contributed by atoms with van der Waals surface area (Å²) in [7, 11) is 2.78. The number of benzene rings is 2. The quantitative estimate of drug-likeness (QED) is 0.727. The van der Waals surface area contributed by atoms with E-state index in [2.05, 4.69) is 10.1 Å². The second kappa shape index (κ2) is 8.66. The molecule has 136 valence electrons. The molecule has 26 heavy (non-hydrogen) atoms. The van der Waals surface area contributed by atoms with E-state index in [0.717, 1.165) is 5.56 Å². The summed E-state index contributed by atoms with van der Waals surface area (Å²) in [5, 5.41) is 2.60. The average Bonchev–Trinajstić information content (AvgIpc) is 2.67. The number of carbonyl (C=O) groups excluding carboxylic acids is 3. The lowest BCUT2D eigenvalue weighted by Crippen LogP contribution is -2.45. The summed E-state index contributed by atoms with van der Waals surface area (Å²) in [5.74, 6) is -1.15. The highest BCUT2D eigenvalue weighted by atomic mass is 16.5. The fourth-order valence-electron chi connectivity index (χ4n) is 2.46. The zero-order chi connectivity index (χ0) is 19.1. The normalized spacial score (nSPS) is 11.3. The molecule has 7 nitrogen and oxygen atoms in total. The van der Waals surface area contributed by atoms with Crippen LogP contribution in [0.3, 0.4) is 0 Å². The van der Waals surface area contributed by atoms with Crippen molar-refractivity contribution in [2.24, 2.45) is 5.73 Å². The molecule has 0 unspecified atom stereocenters. The average molecular weight is 356 g/mol. The fraction of sp³-hybridized carbons (Fsp3) is 0.211. The number of carbonyl (C=O) groups is 3. The van der Waals surface area contributed by atoms with Crippen molar-refractivity contribution in [1.82, 2.24) is 5.32 Å². The number of methoxy groups -OCH3 is 2. The van der Waals surface area contributed by atoms with Crippen molar-refractivity contribution >= 4 is 17.8 Å². The standard InChI is InChI=1S/C19H20N2O5/c1-25-16-9-4-3-6-12(16)11-15(17(20)22)21-18(23)13-7-5-8-14(10-13)19(24)26-2/h3-10,15H,11H2,1-2H3,(H2,20,22)(H,21,23)/t15-/m0/s1. The van der Waals surface area contributed by atoms with Crippen molar-refractivity contribution in [2.75, 3.05) is 14.2 Å². The molecule has 7 heteroatoms. The van der Waals surface area contributed by atoms with Crippen LogP contribution in [0.4, 0.5) is 0 Å². The Bertz CT molecular complexity index is 819. The molecule has 0 heterocycles. The van der Waals surface area contributed by atoms with E-state index in [4.69, 9.17) is 10.5 Å². The lowest BCUT2D eigenvalue weighted by Gasteiger charge is -2.17. The molecule has 0 radical (unpaired) electrons. The van der Waals surface area contributed by atoms with E-state index in [1.165, 1.54) is 32.4 Å². The molecule has 2 rings (SSSR count). The molecule has 0 aliphatic carbocycles. The monoisotopic (exact) mass is 356 g/mol. The van der Waals surface area contributed by atoms with E-state index in [-0.39, 0.29) is 17.5 Å². The van der Waals surface area contributed by atoms with Gasteiger partial charge in [-0.25, -0.2) is 4.79 Å². The van der Waals surface area contributed by atoms with E-state index >= 15 is 0 Å². The highest BCUT2D eigenvalue weighted by Crippen LogP contribution is 2.19. The van der Waals surface area contributed by atoms with Gasteiger partial charge >= 0.3 is 5.97 Å². The first-order chi connectivity index (χ1) is 12.5. The Morgan fingerprint density at radius 1 is 1.04 bits per heavy atom. The summed E-state index contributed by atoms with van der Waals surface area (Å²) in [5.41, 5.74) is 6.63. The molecule has 3 N–H and O–H groups in total. The number of nitrogens with one attached hydrogen (secondary N) is 1. The number of rotatable bonds is 7.